The van der Waals surface area contributed by atoms with Gasteiger partial charge in [0, 0.05) is 23.1 Å². The number of nitrogens with one attached hydrogen (secondary N) is 3. The van der Waals surface area contributed by atoms with Crippen LogP contribution in [0.25, 0.3) is 11.0 Å². The summed E-state index contributed by atoms with van der Waals surface area (Å²) in [7, 11) is -3.12. The number of hydrogen-bond donors (Lipinski definition) is 3. The number of hydrogen-bond acceptors (Lipinski definition) is 7. The number of carbonyl (C=O) groups is 1. The van der Waals surface area contributed by atoms with Gasteiger partial charge >= 0.3 is 12.2 Å². The number of aromatic nitrogens is 2. The van der Waals surface area contributed by atoms with E-state index in [1.54, 1.807) is 5.32 Å². The number of sulfone groups is 1. The van der Waals surface area contributed by atoms with Gasteiger partial charge in [-0.05, 0) is 19.4 Å². The molecular formula is C20H18F5N5O4S. The minimum atomic E-state index is -5.03. The maximum Gasteiger partial charge on any atom is 0.416 e. The van der Waals surface area contributed by atoms with Crippen LogP contribution in [0.3, 0.4) is 0 Å². The molecular weight excluding hydrogens is 501 g/mol. The lowest BCUT2D eigenvalue weighted by Gasteiger charge is -2.20. The molecule has 1 unspecified atom stereocenters. The summed E-state index contributed by atoms with van der Waals surface area (Å²) in [5, 5.41) is 6.50. The van der Waals surface area contributed by atoms with Crippen LogP contribution in [0.15, 0.2) is 28.9 Å². The maximum atomic E-state index is 14.0. The van der Waals surface area contributed by atoms with Crippen LogP contribution in [0.5, 0.6) is 0 Å². The molecule has 188 valence electrons. The minimum absolute atomic E-state index is 0.0388. The predicted octanol–water partition coefficient (Wildman–Crippen LogP) is 3.83. The second-order valence-electron chi connectivity index (χ2n) is 7.97. The summed E-state index contributed by atoms with van der Waals surface area (Å²) >= 11 is 0. The van der Waals surface area contributed by atoms with Crippen LogP contribution in [0, 0.1) is 18.6 Å². The number of amides is 2. The largest absolute Gasteiger partial charge is 0.455 e. The second kappa shape index (κ2) is 8.94. The van der Waals surface area contributed by atoms with E-state index in [9.17, 15) is 35.2 Å². The van der Waals surface area contributed by atoms with E-state index in [0.717, 1.165) is 18.5 Å². The summed E-state index contributed by atoms with van der Waals surface area (Å²) in [6.45, 7) is 1.19. The molecule has 1 aliphatic rings. The van der Waals surface area contributed by atoms with Crippen molar-refractivity contribution in [3.05, 3.63) is 47.5 Å². The second-order valence-corrected chi connectivity index (χ2v) is 10.2. The molecule has 3 N–H and O–H groups in total. The molecule has 0 bridgehead atoms. The number of nitrogens with zero attached hydrogens (tertiary/aromatic N) is 2. The van der Waals surface area contributed by atoms with Crippen molar-refractivity contribution in [3.8, 4) is 0 Å². The first-order valence-electron chi connectivity index (χ1n) is 10.1. The molecule has 3 aromatic rings. The number of alkyl halides is 3. The molecule has 1 aliphatic heterocycles. The Labute approximate surface area is 195 Å². The minimum Gasteiger partial charge on any atom is -0.455 e. The molecule has 9 nitrogen and oxygen atoms in total. The molecule has 4 rings (SSSR count). The first kappa shape index (κ1) is 24.6. The third-order valence-electron chi connectivity index (χ3n) is 5.33. The lowest BCUT2D eigenvalue weighted by atomic mass is 10.1. The number of furan rings is 1. The summed E-state index contributed by atoms with van der Waals surface area (Å²) < 4.78 is 96.8. The molecule has 15 heteroatoms. The summed E-state index contributed by atoms with van der Waals surface area (Å²) in [5.41, 5.74) is -0.807. The van der Waals surface area contributed by atoms with Gasteiger partial charge in [-0.25, -0.2) is 32.0 Å². The lowest BCUT2D eigenvalue weighted by Crippen LogP contribution is -2.40. The van der Waals surface area contributed by atoms with E-state index >= 15 is 0 Å². The predicted molar refractivity (Wildman–Crippen MR) is 115 cm³/mol. The Kier molecular flexibility index (Phi) is 6.29. The topological polar surface area (TPSA) is 126 Å². The van der Waals surface area contributed by atoms with Crippen molar-refractivity contribution < 1.29 is 39.6 Å². The van der Waals surface area contributed by atoms with Gasteiger partial charge in [-0.15, -0.1) is 0 Å². The molecule has 1 aromatic carbocycles. The Morgan fingerprint density at radius 2 is 1.89 bits per heavy atom. The van der Waals surface area contributed by atoms with Gasteiger partial charge in [-0.2, -0.15) is 13.2 Å². The number of fused-ring (bicyclic) bond motifs is 1. The molecule has 0 aliphatic carbocycles. The van der Waals surface area contributed by atoms with Gasteiger partial charge < -0.3 is 20.4 Å². The lowest BCUT2D eigenvalue weighted by molar-refractivity contribution is -0.158. The Morgan fingerprint density at radius 3 is 2.49 bits per heavy atom. The van der Waals surface area contributed by atoms with Crippen LogP contribution in [-0.2, 0) is 9.84 Å². The number of halogens is 5. The number of carbonyl (C=O) groups excluding carboxylic acids is 1. The normalized spacial score (nSPS) is 18.4. The van der Waals surface area contributed by atoms with Crippen LogP contribution >= 0.6 is 0 Å². The molecule has 2 atom stereocenters. The van der Waals surface area contributed by atoms with E-state index in [2.05, 4.69) is 20.6 Å². The number of benzene rings is 1. The highest BCUT2D eigenvalue weighted by molar-refractivity contribution is 7.91. The fourth-order valence-corrected chi connectivity index (χ4v) is 5.36. The van der Waals surface area contributed by atoms with Crippen molar-refractivity contribution in [2.75, 3.05) is 22.1 Å². The van der Waals surface area contributed by atoms with Gasteiger partial charge in [-0.3, -0.25) is 0 Å². The molecule has 2 aromatic heterocycles. The van der Waals surface area contributed by atoms with E-state index in [1.165, 1.54) is 6.92 Å². The molecule has 0 spiro atoms. The van der Waals surface area contributed by atoms with Gasteiger partial charge in [0.1, 0.15) is 11.6 Å². The van der Waals surface area contributed by atoms with Gasteiger partial charge in [0.05, 0.1) is 29.6 Å². The Hall–Kier alpha value is -3.49. The van der Waals surface area contributed by atoms with E-state index in [0.29, 0.717) is 12.5 Å². The quantitative estimate of drug-likeness (QED) is 0.438. The number of anilines is 2. The number of urea groups is 1. The standard InChI is InChI=1S/C20H18F5N5O4S/c1-9-13-4-10(21)5-14(22)16(13)34-15(9)17(20(23,24)25)30-19(31)29-12-6-26-18(27-7-12)28-11-2-3-35(32,33)8-11/h4-7,11,17H,2-3,8H2,1H3,(H,26,27,28)(H2,29,30,31)/t11-,17?/m1/s1. The Balaban J connectivity index is 1.48. The molecule has 1 saturated heterocycles. The van der Waals surface area contributed by atoms with Crippen LogP contribution in [-0.4, -0.2) is 48.1 Å². The summed E-state index contributed by atoms with van der Waals surface area (Å²) in [5.74, 6) is -2.92. The van der Waals surface area contributed by atoms with Crippen LogP contribution in [0.4, 0.5) is 38.4 Å². The summed E-state index contributed by atoms with van der Waals surface area (Å²) in [6, 6.07) is -3.02. The van der Waals surface area contributed by atoms with Crippen molar-refractivity contribution in [2.24, 2.45) is 0 Å². The zero-order valence-corrected chi connectivity index (χ0v) is 18.7. The Morgan fingerprint density at radius 1 is 1.20 bits per heavy atom. The van der Waals surface area contributed by atoms with E-state index < -0.39 is 51.1 Å². The van der Waals surface area contributed by atoms with Crippen LogP contribution in [0.1, 0.15) is 23.8 Å². The van der Waals surface area contributed by atoms with Gasteiger partial charge in [-0.1, -0.05) is 0 Å². The zero-order chi connectivity index (χ0) is 25.5. The van der Waals surface area contributed by atoms with E-state index in [4.69, 9.17) is 4.42 Å². The average Bonchev–Trinajstić information content (AvgIpc) is 3.26. The van der Waals surface area contributed by atoms with Crippen molar-refractivity contribution in [1.29, 1.82) is 0 Å². The average molecular weight is 519 g/mol. The highest BCUT2D eigenvalue weighted by atomic mass is 32.2. The first-order valence-corrected chi connectivity index (χ1v) is 12.0. The van der Waals surface area contributed by atoms with Crippen LogP contribution < -0.4 is 16.0 Å². The van der Waals surface area contributed by atoms with E-state index in [1.807, 2.05) is 0 Å². The van der Waals surface area contributed by atoms with Crippen LogP contribution in [0.2, 0.25) is 0 Å². The third kappa shape index (κ3) is 5.44. The smallest absolute Gasteiger partial charge is 0.416 e. The fourth-order valence-electron chi connectivity index (χ4n) is 3.69. The molecule has 2 amide bonds. The monoisotopic (exact) mass is 519 g/mol. The van der Waals surface area contributed by atoms with Crippen molar-refractivity contribution >= 4 is 38.5 Å². The van der Waals surface area contributed by atoms with Gasteiger partial charge in [0.25, 0.3) is 0 Å². The zero-order valence-electron chi connectivity index (χ0n) is 17.9. The van der Waals surface area contributed by atoms with Gasteiger partial charge in [0.2, 0.25) is 5.95 Å². The molecule has 35 heavy (non-hydrogen) atoms. The summed E-state index contributed by atoms with van der Waals surface area (Å²) in [6.07, 6.45) is -2.42. The SMILES string of the molecule is Cc1c(C(NC(=O)Nc2cnc(N[C@@H]3CCS(=O)(=O)C3)nc2)C(F)(F)F)oc2c(F)cc(F)cc12. The third-order valence-corrected chi connectivity index (χ3v) is 7.10. The van der Waals surface area contributed by atoms with Gasteiger partial charge in [0.15, 0.2) is 27.3 Å². The van der Waals surface area contributed by atoms with Crippen molar-refractivity contribution in [2.45, 2.75) is 31.6 Å². The molecule has 1 fully saturated rings. The Bertz CT molecular complexity index is 1380. The summed E-state index contributed by atoms with van der Waals surface area (Å²) in [4.78, 5) is 20.1. The number of aryl methyl sites for hydroxylation is 1. The van der Waals surface area contributed by atoms with Crippen molar-refractivity contribution in [3.63, 3.8) is 0 Å². The van der Waals surface area contributed by atoms with Crippen molar-refractivity contribution in [1.82, 2.24) is 15.3 Å². The highest BCUT2D eigenvalue weighted by Crippen LogP contribution is 2.39. The highest BCUT2D eigenvalue weighted by Gasteiger charge is 2.45. The molecule has 0 saturated carbocycles. The molecule has 3 heterocycles. The fraction of sp³-hybridized carbons (Fsp3) is 0.350. The number of rotatable bonds is 5. The molecule has 0 radical (unpaired) electrons. The first-order chi connectivity index (χ1) is 16.3. The van der Waals surface area contributed by atoms with E-state index in [-0.39, 0.29) is 40.1 Å². The maximum absolute atomic E-state index is 14.0.